The number of hydrogen-bond acceptors (Lipinski definition) is 2. The molecule has 2 heterocycles. The molecule has 2 atom stereocenters. The normalized spacial score (nSPS) is 23.4. The van der Waals surface area contributed by atoms with Crippen LogP contribution in [0.15, 0.2) is 108 Å². The fraction of sp³-hybridized carbons (Fsp3) is 0.0769. The molecule has 0 bridgehead atoms. The number of hydrogen-bond donors (Lipinski definition) is 0. The van der Waals surface area contributed by atoms with E-state index in [1.54, 1.807) is 0 Å². The van der Waals surface area contributed by atoms with Crippen molar-refractivity contribution < 1.29 is 9.47 Å². The molecule has 0 saturated carbocycles. The first kappa shape index (κ1) is 15.5. The molecule has 134 valence electrons. The van der Waals surface area contributed by atoms with Crippen LogP contribution in [0.25, 0.3) is 11.1 Å². The van der Waals surface area contributed by atoms with Gasteiger partial charge in [0.25, 0.3) is 0 Å². The molecule has 2 nitrogen and oxygen atoms in total. The lowest BCUT2D eigenvalue weighted by molar-refractivity contribution is 0.279. The Hall–Kier alpha value is -3.52. The Balaban J connectivity index is 1.71. The van der Waals surface area contributed by atoms with Gasteiger partial charge in [0.2, 0.25) is 0 Å². The highest BCUT2D eigenvalue weighted by atomic mass is 16.5. The van der Waals surface area contributed by atoms with Crippen LogP contribution in [-0.4, -0.2) is 12.2 Å². The molecule has 0 aromatic heterocycles. The molecule has 2 aromatic rings. The number of rotatable bonds is 1. The van der Waals surface area contributed by atoms with Crippen molar-refractivity contribution in [1.82, 2.24) is 0 Å². The molecule has 2 aliphatic heterocycles. The van der Waals surface area contributed by atoms with Gasteiger partial charge in [-0.25, -0.2) is 0 Å². The third-order valence-electron chi connectivity index (χ3n) is 5.61. The first-order valence-corrected chi connectivity index (χ1v) is 9.61. The molecular formula is C26H18O2. The largest absolute Gasteiger partial charge is 0.481 e. The quantitative estimate of drug-likeness (QED) is 0.651. The Kier molecular flexibility index (Phi) is 3.33. The summed E-state index contributed by atoms with van der Waals surface area (Å²) in [6, 6.07) is 16.7. The van der Waals surface area contributed by atoms with E-state index >= 15 is 0 Å². The molecule has 2 aromatic carbocycles. The van der Waals surface area contributed by atoms with Gasteiger partial charge in [-0.3, -0.25) is 0 Å². The van der Waals surface area contributed by atoms with Crippen molar-refractivity contribution in [3.8, 4) is 11.5 Å². The van der Waals surface area contributed by atoms with Crippen molar-refractivity contribution in [2.45, 2.75) is 12.2 Å². The lowest BCUT2D eigenvalue weighted by Crippen LogP contribution is -2.27. The van der Waals surface area contributed by atoms with Gasteiger partial charge >= 0.3 is 0 Å². The molecule has 0 N–H and O–H groups in total. The summed E-state index contributed by atoms with van der Waals surface area (Å²) in [5, 5.41) is 0. The van der Waals surface area contributed by atoms with Gasteiger partial charge in [0.1, 0.15) is 23.7 Å². The van der Waals surface area contributed by atoms with Crippen LogP contribution in [0.1, 0.15) is 11.1 Å². The summed E-state index contributed by atoms with van der Waals surface area (Å²) in [4.78, 5) is 0. The Labute approximate surface area is 164 Å². The Morgan fingerprint density at radius 1 is 0.536 bits per heavy atom. The van der Waals surface area contributed by atoms with Crippen LogP contribution in [-0.2, 0) is 0 Å². The summed E-state index contributed by atoms with van der Waals surface area (Å²) in [5.74, 6) is 1.85. The van der Waals surface area contributed by atoms with E-state index in [1.165, 1.54) is 22.3 Å². The van der Waals surface area contributed by atoms with Gasteiger partial charge in [-0.2, -0.15) is 0 Å². The fourth-order valence-corrected chi connectivity index (χ4v) is 4.40. The summed E-state index contributed by atoms with van der Waals surface area (Å²) in [6.07, 6.45) is 16.8. The maximum Gasteiger partial charge on any atom is 0.143 e. The molecule has 0 fully saturated rings. The lowest BCUT2D eigenvalue weighted by Gasteiger charge is -2.35. The van der Waals surface area contributed by atoms with Gasteiger partial charge in [0, 0.05) is 33.4 Å². The zero-order valence-electron chi connectivity index (χ0n) is 15.2. The molecule has 0 radical (unpaired) electrons. The van der Waals surface area contributed by atoms with Crippen LogP contribution in [0.5, 0.6) is 11.5 Å². The van der Waals surface area contributed by atoms with Crippen molar-refractivity contribution in [3.63, 3.8) is 0 Å². The van der Waals surface area contributed by atoms with Crippen molar-refractivity contribution in [2.24, 2.45) is 0 Å². The molecular weight excluding hydrogens is 344 g/mol. The smallest absolute Gasteiger partial charge is 0.143 e. The lowest BCUT2D eigenvalue weighted by atomic mass is 9.78. The van der Waals surface area contributed by atoms with Crippen molar-refractivity contribution in [1.29, 1.82) is 0 Å². The molecule has 0 amide bonds. The van der Waals surface area contributed by atoms with Gasteiger partial charge in [0.15, 0.2) is 0 Å². The summed E-state index contributed by atoms with van der Waals surface area (Å²) in [5.41, 5.74) is 7.14. The van der Waals surface area contributed by atoms with E-state index in [-0.39, 0.29) is 12.2 Å². The summed E-state index contributed by atoms with van der Waals surface area (Å²) < 4.78 is 12.6. The third kappa shape index (κ3) is 2.21. The minimum Gasteiger partial charge on any atom is -0.481 e. The van der Waals surface area contributed by atoms with Crippen LogP contribution in [0, 0.1) is 0 Å². The maximum absolute atomic E-state index is 6.30. The Bertz CT molecular complexity index is 1080. The standard InChI is InChI=1S/C26H18O2/c1-5-13-21-17(9-1)25(18-10-2-6-14-22(18)27-21)26-19-11-3-7-15-23(19)28-24-16-8-4-12-20(24)26/h1-16,21,23H. The average Bonchev–Trinajstić information content (AvgIpc) is 2.76. The van der Waals surface area contributed by atoms with E-state index in [4.69, 9.17) is 9.47 Å². The highest BCUT2D eigenvalue weighted by Gasteiger charge is 2.34. The van der Waals surface area contributed by atoms with E-state index in [1.807, 2.05) is 12.1 Å². The van der Waals surface area contributed by atoms with E-state index < -0.39 is 0 Å². The minimum absolute atomic E-state index is 0.0698. The second-order valence-electron chi connectivity index (χ2n) is 7.22. The van der Waals surface area contributed by atoms with Gasteiger partial charge in [-0.05, 0) is 24.3 Å². The minimum atomic E-state index is -0.0698. The Morgan fingerprint density at radius 3 is 1.50 bits per heavy atom. The van der Waals surface area contributed by atoms with Crippen LogP contribution in [0.2, 0.25) is 0 Å². The second kappa shape index (κ2) is 6.00. The first-order chi connectivity index (χ1) is 13.9. The number of fused-ring (bicyclic) bond motifs is 4. The number of allylic oxidation sites excluding steroid dienone is 6. The van der Waals surface area contributed by atoms with Crippen molar-refractivity contribution in [2.75, 3.05) is 0 Å². The highest BCUT2D eigenvalue weighted by Crippen LogP contribution is 2.50. The van der Waals surface area contributed by atoms with Crippen LogP contribution in [0.3, 0.4) is 0 Å². The summed E-state index contributed by atoms with van der Waals surface area (Å²) in [7, 11) is 0. The number of ether oxygens (including phenoxy) is 2. The van der Waals surface area contributed by atoms with Crippen LogP contribution < -0.4 is 9.47 Å². The predicted molar refractivity (Wildman–Crippen MR) is 112 cm³/mol. The van der Waals surface area contributed by atoms with E-state index in [2.05, 4.69) is 85.0 Å². The molecule has 2 unspecified atom stereocenters. The molecule has 6 rings (SSSR count). The van der Waals surface area contributed by atoms with Crippen molar-refractivity contribution in [3.05, 3.63) is 119 Å². The monoisotopic (exact) mass is 362 g/mol. The first-order valence-electron chi connectivity index (χ1n) is 9.61. The third-order valence-corrected chi connectivity index (χ3v) is 5.61. The van der Waals surface area contributed by atoms with Crippen LogP contribution >= 0.6 is 0 Å². The molecule has 2 aliphatic carbocycles. The summed E-state index contributed by atoms with van der Waals surface area (Å²) >= 11 is 0. The fourth-order valence-electron chi connectivity index (χ4n) is 4.40. The number of para-hydroxylation sites is 2. The molecule has 4 aliphatic rings. The Morgan fingerprint density at radius 2 is 1.00 bits per heavy atom. The van der Waals surface area contributed by atoms with Gasteiger partial charge in [-0.15, -0.1) is 0 Å². The molecule has 2 heteroatoms. The maximum atomic E-state index is 6.30. The average molecular weight is 362 g/mol. The topological polar surface area (TPSA) is 18.5 Å². The molecule has 28 heavy (non-hydrogen) atoms. The zero-order valence-corrected chi connectivity index (χ0v) is 15.2. The van der Waals surface area contributed by atoms with E-state index in [0.29, 0.717) is 0 Å². The predicted octanol–water partition coefficient (Wildman–Crippen LogP) is 5.67. The highest BCUT2D eigenvalue weighted by molar-refractivity contribution is 6.12. The van der Waals surface area contributed by atoms with Gasteiger partial charge < -0.3 is 9.47 Å². The van der Waals surface area contributed by atoms with Crippen molar-refractivity contribution >= 4 is 11.1 Å². The second-order valence-corrected chi connectivity index (χ2v) is 7.22. The molecule has 0 spiro atoms. The SMILES string of the molecule is C1=CC2=C(C3=C4C=CC=CC4Oc4ccccc43)c3ccccc3OC2C=C1. The van der Waals surface area contributed by atoms with E-state index in [0.717, 1.165) is 22.6 Å². The van der Waals surface area contributed by atoms with Gasteiger partial charge in [0.05, 0.1) is 0 Å². The summed E-state index contributed by atoms with van der Waals surface area (Å²) in [6.45, 7) is 0. The molecule has 0 saturated heterocycles. The van der Waals surface area contributed by atoms with Gasteiger partial charge in [-0.1, -0.05) is 72.9 Å². The zero-order chi connectivity index (χ0) is 18.5. The van der Waals surface area contributed by atoms with Crippen LogP contribution in [0.4, 0.5) is 0 Å². The number of benzene rings is 2. The van der Waals surface area contributed by atoms with E-state index in [9.17, 15) is 0 Å².